The highest BCUT2D eigenvalue weighted by molar-refractivity contribution is 5.71. The molecule has 0 spiro atoms. The van der Waals surface area contributed by atoms with Crippen LogP contribution in [0.25, 0.3) is 0 Å². The molecule has 0 saturated heterocycles. The van der Waals surface area contributed by atoms with Crippen LogP contribution in [0.1, 0.15) is 201 Å². The van der Waals surface area contributed by atoms with Gasteiger partial charge in [-0.15, -0.1) is 0 Å². The fraction of sp³-hybridized carbons (Fsp3) is 0.723. The van der Waals surface area contributed by atoms with E-state index in [1.807, 2.05) is 0 Å². The zero-order valence-corrected chi connectivity index (χ0v) is 34.5. The molecule has 0 N–H and O–H groups in total. The Balaban J connectivity index is 4.44. The zero-order chi connectivity index (χ0) is 38.7. The highest BCUT2D eigenvalue weighted by Crippen LogP contribution is 2.13. The van der Waals surface area contributed by atoms with Gasteiger partial charge in [0.15, 0.2) is 6.10 Å². The van der Waals surface area contributed by atoms with Crippen molar-refractivity contribution in [3.8, 4) is 0 Å². The van der Waals surface area contributed by atoms with Crippen molar-refractivity contribution in [1.82, 2.24) is 0 Å². The van der Waals surface area contributed by atoms with Gasteiger partial charge in [0.1, 0.15) is 13.2 Å². The van der Waals surface area contributed by atoms with Crippen LogP contribution in [0.15, 0.2) is 60.8 Å². The van der Waals surface area contributed by atoms with E-state index in [9.17, 15) is 14.4 Å². The minimum atomic E-state index is -0.789. The smallest absolute Gasteiger partial charge is 0.306 e. The van der Waals surface area contributed by atoms with Crippen LogP contribution in [0.2, 0.25) is 0 Å². The van der Waals surface area contributed by atoms with Gasteiger partial charge in [-0.25, -0.2) is 0 Å². The maximum atomic E-state index is 12.7. The standard InChI is InChI=1S/C47H80O6/c1-4-7-10-13-16-19-21-23-24-25-27-28-31-34-37-40-46(49)52-43-44(42-51-45(48)39-36-33-30-18-15-12-9-6-3)53-47(50)41-38-35-32-29-26-22-20-17-14-11-8-5-2/h7,10,16-17,19-20,23-24,27-28,44H,4-6,8-9,11-15,18,21-22,25-26,29-43H2,1-3H3/b10-7-,19-16-,20-17-,24-23-,28-27-. The maximum absolute atomic E-state index is 12.7. The van der Waals surface area contributed by atoms with Crippen LogP contribution in [-0.4, -0.2) is 37.2 Å². The first-order chi connectivity index (χ1) is 26.0. The highest BCUT2D eigenvalue weighted by Gasteiger charge is 2.19. The summed E-state index contributed by atoms with van der Waals surface area (Å²) in [6.45, 7) is 6.40. The second-order valence-corrected chi connectivity index (χ2v) is 14.2. The Morgan fingerprint density at radius 1 is 0.396 bits per heavy atom. The van der Waals surface area contributed by atoms with E-state index < -0.39 is 6.10 Å². The van der Waals surface area contributed by atoms with E-state index >= 15 is 0 Å². The predicted molar refractivity (Wildman–Crippen MR) is 224 cm³/mol. The average molecular weight is 741 g/mol. The molecule has 6 nitrogen and oxygen atoms in total. The summed E-state index contributed by atoms with van der Waals surface area (Å²) in [5, 5.41) is 0. The quantitative estimate of drug-likeness (QED) is 0.0271. The van der Waals surface area contributed by atoms with Crippen LogP contribution in [0.5, 0.6) is 0 Å². The van der Waals surface area contributed by atoms with Crippen molar-refractivity contribution in [1.29, 1.82) is 0 Å². The van der Waals surface area contributed by atoms with Gasteiger partial charge < -0.3 is 14.2 Å². The van der Waals surface area contributed by atoms with Crippen molar-refractivity contribution in [3.63, 3.8) is 0 Å². The molecule has 0 aliphatic heterocycles. The van der Waals surface area contributed by atoms with Crippen molar-refractivity contribution in [2.24, 2.45) is 0 Å². The van der Waals surface area contributed by atoms with E-state index in [2.05, 4.69) is 81.5 Å². The van der Waals surface area contributed by atoms with Gasteiger partial charge in [0, 0.05) is 19.3 Å². The first-order valence-corrected chi connectivity index (χ1v) is 21.8. The SMILES string of the molecule is CC/C=C\C/C=C\C/C=C\C/C=C\CCCCC(=O)OCC(COC(=O)CCCCCCCCCC)OC(=O)CCCCCCC/C=C\CCCCC. The van der Waals surface area contributed by atoms with Gasteiger partial charge in [0.05, 0.1) is 0 Å². The molecule has 0 bridgehead atoms. The van der Waals surface area contributed by atoms with E-state index in [-0.39, 0.29) is 31.1 Å². The molecule has 0 saturated carbocycles. The van der Waals surface area contributed by atoms with Gasteiger partial charge in [-0.2, -0.15) is 0 Å². The molecule has 0 rings (SSSR count). The number of hydrogen-bond donors (Lipinski definition) is 0. The molecule has 0 aromatic heterocycles. The maximum Gasteiger partial charge on any atom is 0.306 e. The highest BCUT2D eigenvalue weighted by atomic mass is 16.6. The molecule has 1 unspecified atom stereocenters. The third-order valence-electron chi connectivity index (χ3n) is 9.01. The molecule has 304 valence electrons. The van der Waals surface area contributed by atoms with Gasteiger partial charge in [-0.3, -0.25) is 14.4 Å². The Hall–Kier alpha value is -2.89. The lowest BCUT2D eigenvalue weighted by Gasteiger charge is -2.18. The van der Waals surface area contributed by atoms with Crippen LogP contribution in [0.4, 0.5) is 0 Å². The first kappa shape index (κ1) is 50.1. The van der Waals surface area contributed by atoms with Crippen molar-refractivity contribution in [3.05, 3.63) is 60.8 Å². The van der Waals surface area contributed by atoms with Gasteiger partial charge in [-0.1, -0.05) is 159 Å². The summed E-state index contributed by atoms with van der Waals surface area (Å²) in [6, 6.07) is 0. The summed E-state index contributed by atoms with van der Waals surface area (Å²) in [4.78, 5) is 37.6. The topological polar surface area (TPSA) is 78.9 Å². The Morgan fingerprint density at radius 2 is 0.736 bits per heavy atom. The fourth-order valence-corrected chi connectivity index (χ4v) is 5.72. The minimum Gasteiger partial charge on any atom is -0.462 e. The summed E-state index contributed by atoms with van der Waals surface area (Å²) >= 11 is 0. The first-order valence-electron chi connectivity index (χ1n) is 21.8. The Morgan fingerprint density at radius 3 is 1.25 bits per heavy atom. The lowest BCUT2D eigenvalue weighted by atomic mass is 10.1. The normalized spacial score (nSPS) is 12.6. The Labute approximate surface area is 326 Å². The Bertz CT molecular complexity index is 991. The number of unbranched alkanes of at least 4 members (excludes halogenated alkanes) is 17. The largest absolute Gasteiger partial charge is 0.462 e. The van der Waals surface area contributed by atoms with Crippen molar-refractivity contribution >= 4 is 17.9 Å². The molecule has 0 aliphatic carbocycles. The van der Waals surface area contributed by atoms with Crippen LogP contribution >= 0.6 is 0 Å². The molecule has 0 aliphatic rings. The molecule has 6 heteroatoms. The lowest BCUT2D eigenvalue weighted by Crippen LogP contribution is -2.30. The number of carbonyl (C=O) groups is 3. The Kier molecular flexibility index (Phi) is 39.6. The average Bonchev–Trinajstić information content (AvgIpc) is 3.15. The molecule has 0 aromatic rings. The second-order valence-electron chi connectivity index (χ2n) is 14.2. The summed E-state index contributed by atoms with van der Waals surface area (Å²) in [7, 11) is 0. The van der Waals surface area contributed by atoms with E-state index in [4.69, 9.17) is 14.2 Å². The van der Waals surface area contributed by atoms with E-state index in [1.165, 1.54) is 64.2 Å². The van der Waals surface area contributed by atoms with E-state index in [1.54, 1.807) is 0 Å². The van der Waals surface area contributed by atoms with Crippen LogP contribution < -0.4 is 0 Å². The van der Waals surface area contributed by atoms with Crippen LogP contribution in [0.3, 0.4) is 0 Å². The molecule has 0 radical (unpaired) electrons. The molecular formula is C47H80O6. The van der Waals surface area contributed by atoms with Crippen LogP contribution in [0, 0.1) is 0 Å². The number of carbonyl (C=O) groups excluding carboxylic acids is 3. The molecule has 53 heavy (non-hydrogen) atoms. The summed E-state index contributed by atoms with van der Waals surface area (Å²) in [5.41, 5.74) is 0. The van der Waals surface area contributed by atoms with E-state index in [0.29, 0.717) is 19.3 Å². The summed E-state index contributed by atoms with van der Waals surface area (Å²) in [6.07, 6.45) is 49.2. The van der Waals surface area contributed by atoms with Gasteiger partial charge >= 0.3 is 17.9 Å². The van der Waals surface area contributed by atoms with Gasteiger partial charge in [0.25, 0.3) is 0 Å². The van der Waals surface area contributed by atoms with Crippen molar-refractivity contribution in [2.75, 3.05) is 13.2 Å². The number of rotatable bonds is 38. The number of esters is 3. The van der Waals surface area contributed by atoms with Gasteiger partial charge in [-0.05, 0) is 83.5 Å². The molecule has 0 aromatic carbocycles. The molecule has 0 heterocycles. The molecule has 0 amide bonds. The monoisotopic (exact) mass is 741 g/mol. The predicted octanol–water partition coefficient (Wildman–Crippen LogP) is 13.7. The zero-order valence-electron chi connectivity index (χ0n) is 34.5. The number of ether oxygens (including phenoxy) is 3. The third-order valence-corrected chi connectivity index (χ3v) is 9.01. The second kappa shape index (κ2) is 41.9. The summed E-state index contributed by atoms with van der Waals surface area (Å²) in [5.74, 6) is -0.953. The third kappa shape index (κ3) is 40.1. The van der Waals surface area contributed by atoms with Crippen molar-refractivity contribution in [2.45, 2.75) is 207 Å². The molecule has 1 atom stereocenters. The number of hydrogen-bond acceptors (Lipinski definition) is 6. The van der Waals surface area contributed by atoms with E-state index in [0.717, 1.165) is 96.3 Å². The fourth-order valence-electron chi connectivity index (χ4n) is 5.72. The summed E-state index contributed by atoms with van der Waals surface area (Å²) < 4.78 is 16.6. The minimum absolute atomic E-state index is 0.0906. The van der Waals surface area contributed by atoms with Gasteiger partial charge in [0.2, 0.25) is 0 Å². The van der Waals surface area contributed by atoms with Crippen molar-refractivity contribution < 1.29 is 28.6 Å². The number of allylic oxidation sites excluding steroid dienone is 10. The molecular weight excluding hydrogens is 661 g/mol. The van der Waals surface area contributed by atoms with Crippen LogP contribution in [-0.2, 0) is 28.6 Å². The lowest BCUT2D eigenvalue weighted by molar-refractivity contribution is -0.167. The molecule has 0 fully saturated rings.